The van der Waals surface area contributed by atoms with Crippen LogP contribution in [0, 0.1) is 5.92 Å². The van der Waals surface area contributed by atoms with E-state index in [1.165, 1.54) is 18.4 Å². The van der Waals surface area contributed by atoms with Crippen LogP contribution in [0.3, 0.4) is 0 Å². The number of guanidine groups is 1. The molecule has 2 rings (SSSR count). The van der Waals surface area contributed by atoms with E-state index in [-0.39, 0.29) is 30.0 Å². The Hall–Kier alpha value is -1.02. The Morgan fingerprint density at radius 3 is 2.62 bits per heavy atom. The fraction of sp³-hybridized carbons (Fsp3) is 0.611. The van der Waals surface area contributed by atoms with Crippen molar-refractivity contribution in [1.29, 1.82) is 0 Å². The second kappa shape index (κ2) is 10.1. The van der Waals surface area contributed by atoms with Crippen LogP contribution >= 0.6 is 24.0 Å². The van der Waals surface area contributed by atoms with E-state index in [1.54, 1.807) is 7.11 Å². The standard InChI is InChI=1S/C18H30N4O.HI/c1-14-8-10-22(11-9-14)18(19)20-13-17(21(2)3)15-6-5-7-16(12-15)23-4;/h5-7,12,14,17H,8-11,13H2,1-4H3,(H2,19,20);1H. The fourth-order valence-electron chi connectivity index (χ4n) is 2.93. The Labute approximate surface area is 163 Å². The molecule has 1 aliphatic rings. The molecule has 1 unspecified atom stereocenters. The van der Waals surface area contributed by atoms with Gasteiger partial charge in [-0.1, -0.05) is 19.1 Å². The van der Waals surface area contributed by atoms with Crippen LogP contribution in [0.1, 0.15) is 31.4 Å². The fourth-order valence-corrected chi connectivity index (χ4v) is 2.93. The lowest BCUT2D eigenvalue weighted by atomic mass is 10.00. The summed E-state index contributed by atoms with van der Waals surface area (Å²) < 4.78 is 5.33. The zero-order chi connectivity index (χ0) is 16.8. The summed E-state index contributed by atoms with van der Waals surface area (Å²) in [4.78, 5) is 9.04. The molecule has 2 N–H and O–H groups in total. The second-order valence-electron chi connectivity index (χ2n) is 6.62. The van der Waals surface area contributed by atoms with Crippen molar-refractivity contribution in [3.63, 3.8) is 0 Å². The van der Waals surface area contributed by atoms with Crippen molar-refractivity contribution in [3.05, 3.63) is 29.8 Å². The quantitative estimate of drug-likeness (QED) is 0.430. The first-order valence-corrected chi connectivity index (χ1v) is 8.36. The summed E-state index contributed by atoms with van der Waals surface area (Å²) in [7, 11) is 5.83. The number of rotatable bonds is 5. The molecule has 0 saturated carbocycles. The lowest BCUT2D eigenvalue weighted by Gasteiger charge is -2.31. The molecule has 1 aromatic carbocycles. The molecule has 1 atom stereocenters. The summed E-state index contributed by atoms with van der Waals surface area (Å²) in [5, 5.41) is 0. The zero-order valence-electron chi connectivity index (χ0n) is 15.2. The van der Waals surface area contributed by atoms with Crippen molar-refractivity contribution in [3.8, 4) is 5.75 Å². The molecular weight excluding hydrogens is 415 g/mol. The molecule has 1 heterocycles. The van der Waals surface area contributed by atoms with E-state index in [9.17, 15) is 0 Å². The highest BCUT2D eigenvalue weighted by molar-refractivity contribution is 14.0. The molecule has 1 aliphatic heterocycles. The van der Waals surface area contributed by atoms with E-state index in [4.69, 9.17) is 10.5 Å². The molecule has 1 saturated heterocycles. The van der Waals surface area contributed by atoms with Gasteiger partial charge in [0.1, 0.15) is 5.75 Å². The summed E-state index contributed by atoms with van der Waals surface area (Å²) in [6.45, 7) is 4.98. The maximum atomic E-state index is 6.21. The van der Waals surface area contributed by atoms with Crippen LogP contribution in [0.5, 0.6) is 5.75 Å². The van der Waals surface area contributed by atoms with Gasteiger partial charge in [-0.25, -0.2) is 0 Å². The maximum Gasteiger partial charge on any atom is 0.191 e. The molecule has 0 aromatic heterocycles. The van der Waals surface area contributed by atoms with E-state index >= 15 is 0 Å². The van der Waals surface area contributed by atoms with Gasteiger partial charge in [0.25, 0.3) is 0 Å². The maximum absolute atomic E-state index is 6.21. The summed E-state index contributed by atoms with van der Waals surface area (Å²) in [5.74, 6) is 2.34. The van der Waals surface area contributed by atoms with Crippen molar-refractivity contribution in [2.45, 2.75) is 25.8 Å². The first kappa shape index (κ1) is 21.0. The Balaban J connectivity index is 0.00000288. The van der Waals surface area contributed by atoms with Gasteiger partial charge in [0.05, 0.1) is 19.7 Å². The first-order valence-electron chi connectivity index (χ1n) is 8.36. The molecule has 6 heteroatoms. The van der Waals surface area contributed by atoms with Crippen molar-refractivity contribution < 1.29 is 4.74 Å². The minimum Gasteiger partial charge on any atom is -0.497 e. The van der Waals surface area contributed by atoms with E-state index in [1.807, 2.05) is 12.1 Å². The van der Waals surface area contributed by atoms with Crippen LogP contribution in [-0.4, -0.2) is 56.6 Å². The minimum absolute atomic E-state index is 0. The summed E-state index contributed by atoms with van der Waals surface area (Å²) in [5.41, 5.74) is 7.40. The number of likely N-dealkylation sites (N-methyl/N-ethyl adjacent to an activating group) is 1. The van der Waals surface area contributed by atoms with Gasteiger partial charge in [-0.2, -0.15) is 0 Å². The summed E-state index contributed by atoms with van der Waals surface area (Å²) in [6.07, 6.45) is 2.40. The van der Waals surface area contributed by atoms with Crippen LogP contribution < -0.4 is 10.5 Å². The number of nitrogens with zero attached hydrogens (tertiary/aromatic N) is 3. The highest BCUT2D eigenvalue weighted by Crippen LogP contribution is 2.23. The Bertz CT molecular complexity index is 528. The van der Waals surface area contributed by atoms with Crippen LogP contribution in [0.25, 0.3) is 0 Å². The average Bonchev–Trinajstić information content (AvgIpc) is 2.55. The molecule has 5 nitrogen and oxygen atoms in total. The van der Waals surface area contributed by atoms with Gasteiger partial charge < -0.3 is 20.3 Å². The topological polar surface area (TPSA) is 54.1 Å². The number of halogens is 1. The summed E-state index contributed by atoms with van der Waals surface area (Å²) >= 11 is 0. The smallest absolute Gasteiger partial charge is 0.191 e. The third-order valence-electron chi connectivity index (χ3n) is 4.64. The molecule has 1 fully saturated rings. The highest BCUT2D eigenvalue weighted by Gasteiger charge is 2.19. The normalized spacial score (nSPS) is 17.5. The number of ether oxygens (including phenoxy) is 1. The van der Waals surface area contributed by atoms with Crippen molar-refractivity contribution in [1.82, 2.24) is 9.80 Å². The molecular formula is C18H31IN4O. The predicted octanol–water partition coefficient (Wildman–Crippen LogP) is 2.96. The lowest BCUT2D eigenvalue weighted by molar-refractivity contribution is 0.274. The van der Waals surface area contributed by atoms with Gasteiger partial charge in [-0.3, -0.25) is 4.99 Å². The van der Waals surface area contributed by atoms with Gasteiger partial charge in [0, 0.05) is 13.1 Å². The minimum atomic E-state index is 0. The van der Waals surface area contributed by atoms with Crippen LogP contribution in [0.4, 0.5) is 0 Å². The van der Waals surface area contributed by atoms with Crippen molar-refractivity contribution >= 4 is 29.9 Å². The summed E-state index contributed by atoms with van der Waals surface area (Å²) in [6, 6.07) is 8.35. The van der Waals surface area contributed by atoms with Crippen LogP contribution in [-0.2, 0) is 0 Å². The monoisotopic (exact) mass is 446 g/mol. The first-order chi connectivity index (χ1) is 11.0. The molecule has 0 amide bonds. The van der Waals surface area contributed by atoms with E-state index < -0.39 is 0 Å². The molecule has 0 spiro atoms. The lowest BCUT2D eigenvalue weighted by Crippen LogP contribution is -2.43. The molecule has 0 bridgehead atoms. The highest BCUT2D eigenvalue weighted by atomic mass is 127. The molecule has 1 aromatic rings. The Morgan fingerprint density at radius 1 is 1.38 bits per heavy atom. The number of aliphatic imine (C=N–C) groups is 1. The van der Waals surface area contributed by atoms with Crippen molar-refractivity contribution in [2.75, 3.05) is 40.8 Å². The number of nitrogens with two attached hydrogens (primary N) is 1. The number of likely N-dealkylation sites (tertiary alicyclic amines) is 1. The molecule has 24 heavy (non-hydrogen) atoms. The third kappa shape index (κ3) is 5.81. The number of hydrogen-bond acceptors (Lipinski definition) is 3. The predicted molar refractivity (Wildman–Crippen MR) is 111 cm³/mol. The van der Waals surface area contributed by atoms with Gasteiger partial charge in [0.15, 0.2) is 5.96 Å². The van der Waals surface area contributed by atoms with E-state index in [0.717, 1.165) is 24.8 Å². The SMILES string of the molecule is COc1cccc(C(CN=C(N)N2CCC(C)CC2)N(C)C)c1.I. The second-order valence-corrected chi connectivity index (χ2v) is 6.62. The largest absolute Gasteiger partial charge is 0.497 e. The average molecular weight is 446 g/mol. The molecule has 0 aliphatic carbocycles. The van der Waals surface area contributed by atoms with Gasteiger partial charge in [-0.15, -0.1) is 24.0 Å². The van der Waals surface area contributed by atoms with E-state index in [0.29, 0.717) is 12.5 Å². The van der Waals surface area contributed by atoms with E-state index in [2.05, 4.69) is 47.9 Å². The Kier molecular flexibility index (Phi) is 8.83. The van der Waals surface area contributed by atoms with Gasteiger partial charge >= 0.3 is 0 Å². The van der Waals surface area contributed by atoms with Crippen molar-refractivity contribution in [2.24, 2.45) is 16.6 Å². The van der Waals surface area contributed by atoms with Crippen LogP contribution in [0.15, 0.2) is 29.3 Å². The number of hydrogen-bond donors (Lipinski definition) is 1. The number of piperidine rings is 1. The third-order valence-corrected chi connectivity index (χ3v) is 4.64. The molecule has 0 radical (unpaired) electrons. The zero-order valence-corrected chi connectivity index (χ0v) is 17.6. The number of methoxy groups -OCH3 is 1. The van der Waals surface area contributed by atoms with Gasteiger partial charge in [0.2, 0.25) is 0 Å². The van der Waals surface area contributed by atoms with Crippen LogP contribution in [0.2, 0.25) is 0 Å². The molecule has 136 valence electrons. The number of benzene rings is 1. The Morgan fingerprint density at radius 2 is 2.04 bits per heavy atom. The van der Waals surface area contributed by atoms with Gasteiger partial charge in [-0.05, 0) is 50.6 Å².